The maximum absolute atomic E-state index is 10.5. The maximum Gasteiger partial charge on any atom is 0.335 e. The molecule has 1 saturated carbocycles. The summed E-state index contributed by atoms with van der Waals surface area (Å²) < 4.78 is 0. The number of hydrogen-bond donors (Lipinski definition) is 5. The number of carboxylic acids is 1. The van der Waals surface area contributed by atoms with Gasteiger partial charge in [-0.3, -0.25) is 0 Å². The summed E-state index contributed by atoms with van der Waals surface area (Å²) in [6.45, 7) is 0. The van der Waals surface area contributed by atoms with Gasteiger partial charge >= 0.3 is 5.97 Å². The zero-order valence-electron chi connectivity index (χ0n) is 7.14. The van der Waals surface area contributed by atoms with Gasteiger partial charge in [-0.25, -0.2) is 4.79 Å². The van der Waals surface area contributed by atoms with Gasteiger partial charge in [0.1, 0.15) is 6.10 Å². The normalized spacial score (nSPS) is 42.7. The quantitative estimate of drug-likeness (QED) is 0.332. The molecule has 1 aliphatic carbocycles. The molecule has 0 aromatic rings. The molecule has 6 nitrogen and oxygen atoms in total. The maximum atomic E-state index is 10.5. The van der Waals surface area contributed by atoms with Crippen molar-refractivity contribution in [3.05, 3.63) is 0 Å². The van der Waals surface area contributed by atoms with Crippen molar-refractivity contribution in [2.75, 3.05) is 0 Å². The zero-order valence-corrected chi connectivity index (χ0v) is 8.25. The topological polar surface area (TPSA) is 118 Å². The van der Waals surface area contributed by atoms with Gasteiger partial charge in [0.2, 0.25) is 0 Å². The Morgan fingerprint density at radius 1 is 1.14 bits per heavy atom. The summed E-state index contributed by atoms with van der Waals surface area (Å²) in [5, 5.41) is 45.2. The number of aliphatic hydroxyl groups excluding tert-OH is 3. The first kappa shape index (κ1) is 13.8. The molecule has 0 spiro atoms. The van der Waals surface area contributed by atoms with Gasteiger partial charge in [-0.15, -0.1) is 0 Å². The molecule has 14 heavy (non-hydrogen) atoms. The van der Waals surface area contributed by atoms with Crippen molar-refractivity contribution in [2.45, 2.75) is 36.8 Å². The number of rotatable bonds is 1. The molecule has 1 unspecified atom stereocenters. The fourth-order valence-electron chi connectivity index (χ4n) is 1.45. The Bertz CT molecular complexity index is 208. The number of carbonyl (C=O) groups is 1. The third-order valence-corrected chi connectivity index (χ3v) is 2.28. The third-order valence-electron chi connectivity index (χ3n) is 2.28. The smallest absolute Gasteiger partial charge is 0.335 e. The first-order valence-electron chi connectivity index (χ1n) is 3.87. The zero-order chi connectivity index (χ0) is 10.2. The van der Waals surface area contributed by atoms with E-state index in [2.05, 4.69) is 0 Å². The van der Waals surface area contributed by atoms with Crippen LogP contribution in [0.15, 0.2) is 0 Å². The Labute approximate surface area is 90.7 Å². The first-order valence-corrected chi connectivity index (χ1v) is 3.87. The van der Waals surface area contributed by atoms with Gasteiger partial charge in [-0.1, -0.05) is 0 Å². The molecule has 0 aromatic carbocycles. The van der Waals surface area contributed by atoms with Crippen LogP contribution in [0.4, 0.5) is 0 Å². The van der Waals surface area contributed by atoms with Crippen molar-refractivity contribution >= 4 is 5.97 Å². The molecule has 1 aliphatic rings. The van der Waals surface area contributed by atoms with E-state index in [1.165, 1.54) is 0 Å². The molecule has 0 saturated heterocycles. The Morgan fingerprint density at radius 3 is 1.79 bits per heavy atom. The van der Waals surface area contributed by atoms with E-state index in [4.69, 9.17) is 20.4 Å². The van der Waals surface area contributed by atoms with Crippen molar-refractivity contribution in [3.63, 3.8) is 0 Å². The van der Waals surface area contributed by atoms with Gasteiger partial charge < -0.3 is 25.5 Å². The standard InChI is InChI=1S/C7H12O6.Fe/c8-3-1-7(13,6(11)12)2-4(9)5(3)10;/h3-5,8-10,13H,1-2H2,(H,11,12);/t3-,4?,5-,7+;/m1./s1. The minimum atomic E-state index is -2.14. The van der Waals surface area contributed by atoms with Crippen LogP contribution in [-0.4, -0.2) is 55.4 Å². The molecule has 4 atom stereocenters. The van der Waals surface area contributed by atoms with E-state index in [1.807, 2.05) is 0 Å². The molecule has 0 amide bonds. The molecule has 0 heterocycles. The van der Waals surface area contributed by atoms with Crippen LogP contribution in [0.3, 0.4) is 0 Å². The molecule has 1 fully saturated rings. The molecule has 84 valence electrons. The second-order valence-corrected chi connectivity index (χ2v) is 3.37. The van der Waals surface area contributed by atoms with Crippen LogP contribution in [0.25, 0.3) is 0 Å². The fraction of sp³-hybridized carbons (Fsp3) is 0.857. The Balaban J connectivity index is 0.00000169. The van der Waals surface area contributed by atoms with Gasteiger partial charge in [-0.05, 0) is 0 Å². The predicted molar refractivity (Wildman–Crippen MR) is 39.8 cm³/mol. The summed E-state index contributed by atoms with van der Waals surface area (Å²) in [4.78, 5) is 10.5. The SMILES string of the molecule is O=C(O)[C@@]1(O)CC(O)[C@H](O)[C@H](O)C1.[Fe]. The molecule has 0 bridgehead atoms. The van der Waals surface area contributed by atoms with E-state index in [0.717, 1.165) is 0 Å². The van der Waals surface area contributed by atoms with Gasteiger partial charge in [0.15, 0.2) is 5.60 Å². The van der Waals surface area contributed by atoms with E-state index in [1.54, 1.807) is 0 Å². The largest absolute Gasteiger partial charge is 0.479 e. The van der Waals surface area contributed by atoms with E-state index < -0.39 is 42.7 Å². The molecular weight excluding hydrogens is 236 g/mol. The number of aliphatic carboxylic acids is 1. The Kier molecular flexibility index (Phi) is 4.51. The monoisotopic (exact) mass is 248 g/mol. The van der Waals surface area contributed by atoms with Crippen molar-refractivity contribution in [1.82, 2.24) is 0 Å². The van der Waals surface area contributed by atoms with Crippen LogP contribution in [0.2, 0.25) is 0 Å². The summed E-state index contributed by atoms with van der Waals surface area (Å²) in [7, 11) is 0. The Morgan fingerprint density at radius 2 is 1.50 bits per heavy atom. The number of carboxylic acid groups (broad SMARTS) is 1. The molecule has 7 heteroatoms. The fourth-order valence-corrected chi connectivity index (χ4v) is 1.45. The first-order chi connectivity index (χ1) is 5.87. The number of hydrogen-bond acceptors (Lipinski definition) is 5. The molecular formula is C7H12FeO6. The van der Waals surface area contributed by atoms with Crippen LogP contribution >= 0.6 is 0 Å². The molecule has 1 rings (SSSR count). The molecule has 0 radical (unpaired) electrons. The average molecular weight is 248 g/mol. The van der Waals surface area contributed by atoms with Crippen molar-refractivity contribution in [2.24, 2.45) is 0 Å². The minimum absolute atomic E-state index is 0. The summed E-state index contributed by atoms with van der Waals surface area (Å²) in [6, 6.07) is 0. The molecule has 5 N–H and O–H groups in total. The minimum Gasteiger partial charge on any atom is -0.479 e. The van der Waals surface area contributed by atoms with E-state index in [-0.39, 0.29) is 17.1 Å². The average Bonchev–Trinajstić information content (AvgIpc) is 2.00. The summed E-state index contributed by atoms with van der Waals surface area (Å²) in [6.07, 6.45) is -5.16. The molecule has 0 aliphatic heterocycles. The second-order valence-electron chi connectivity index (χ2n) is 3.37. The van der Waals surface area contributed by atoms with E-state index in [9.17, 15) is 9.90 Å². The van der Waals surface area contributed by atoms with Crippen LogP contribution in [0, 0.1) is 0 Å². The van der Waals surface area contributed by atoms with Gasteiger partial charge in [-0.2, -0.15) is 0 Å². The van der Waals surface area contributed by atoms with Gasteiger partial charge in [0, 0.05) is 29.9 Å². The Hall–Kier alpha value is -0.171. The summed E-state index contributed by atoms with van der Waals surface area (Å²) in [5.74, 6) is -1.50. The van der Waals surface area contributed by atoms with Crippen LogP contribution in [0.5, 0.6) is 0 Å². The van der Waals surface area contributed by atoms with E-state index in [0.29, 0.717) is 0 Å². The van der Waals surface area contributed by atoms with Crippen LogP contribution in [0.1, 0.15) is 12.8 Å². The summed E-state index contributed by atoms with van der Waals surface area (Å²) in [5.41, 5.74) is -2.14. The summed E-state index contributed by atoms with van der Waals surface area (Å²) >= 11 is 0. The van der Waals surface area contributed by atoms with Crippen molar-refractivity contribution in [1.29, 1.82) is 0 Å². The van der Waals surface area contributed by atoms with Gasteiger partial charge in [0.25, 0.3) is 0 Å². The third kappa shape index (κ3) is 2.44. The second kappa shape index (κ2) is 4.57. The molecule has 0 aromatic heterocycles. The van der Waals surface area contributed by atoms with Crippen molar-refractivity contribution < 1.29 is 47.4 Å². The van der Waals surface area contributed by atoms with E-state index >= 15 is 0 Å². The predicted octanol–water partition coefficient (Wildman–Crippen LogP) is -2.32. The van der Waals surface area contributed by atoms with Crippen LogP contribution in [-0.2, 0) is 21.9 Å². The number of aliphatic hydroxyl groups is 4. The van der Waals surface area contributed by atoms with Gasteiger partial charge in [0.05, 0.1) is 12.2 Å². The van der Waals surface area contributed by atoms with Crippen molar-refractivity contribution in [3.8, 4) is 0 Å². The van der Waals surface area contributed by atoms with Crippen LogP contribution < -0.4 is 0 Å².